The molecule has 1 aliphatic rings. The Kier molecular flexibility index (Phi) is 2.96. The average molecular weight is 205 g/mol. The summed E-state index contributed by atoms with van der Waals surface area (Å²) in [5.41, 5.74) is 3.97. The molecule has 1 fully saturated rings. The summed E-state index contributed by atoms with van der Waals surface area (Å²) >= 11 is 0. The van der Waals surface area contributed by atoms with Crippen molar-refractivity contribution in [3.63, 3.8) is 0 Å². The molecule has 1 heterocycles. The van der Waals surface area contributed by atoms with Crippen LogP contribution in [0.5, 0.6) is 0 Å². The maximum Gasteiger partial charge on any atom is 0.0635 e. The third-order valence-electron chi connectivity index (χ3n) is 3.47. The predicted molar refractivity (Wildman–Crippen MR) is 63.4 cm³/mol. The molecule has 2 heteroatoms. The van der Waals surface area contributed by atoms with Gasteiger partial charge in [0.1, 0.15) is 0 Å². The molecule has 1 N–H and O–H groups in total. The van der Waals surface area contributed by atoms with Crippen LogP contribution in [0.3, 0.4) is 0 Å². The monoisotopic (exact) mass is 205 g/mol. The van der Waals surface area contributed by atoms with Gasteiger partial charge in [0.05, 0.1) is 12.6 Å². The SMILES string of the molecule is Cc1cccc(N2CCCC2CO)c1C. The number of hydrogen-bond acceptors (Lipinski definition) is 2. The van der Waals surface area contributed by atoms with E-state index in [0.29, 0.717) is 6.04 Å². The molecule has 0 aromatic heterocycles. The number of rotatable bonds is 2. The van der Waals surface area contributed by atoms with Crippen LogP contribution in [0.4, 0.5) is 5.69 Å². The highest BCUT2D eigenvalue weighted by Crippen LogP contribution is 2.29. The first-order chi connectivity index (χ1) is 7.24. The lowest BCUT2D eigenvalue weighted by molar-refractivity contribution is 0.266. The van der Waals surface area contributed by atoms with Gasteiger partial charge in [-0.3, -0.25) is 0 Å². The van der Waals surface area contributed by atoms with Crippen molar-refractivity contribution in [2.45, 2.75) is 32.7 Å². The zero-order chi connectivity index (χ0) is 10.8. The maximum absolute atomic E-state index is 9.32. The van der Waals surface area contributed by atoms with Crippen molar-refractivity contribution < 1.29 is 5.11 Å². The molecule has 2 rings (SSSR count). The van der Waals surface area contributed by atoms with Crippen LogP contribution in [0, 0.1) is 13.8 Å². The van der Waals surface area contributed by atoms with Crippen molar-refractivity contribution >= 4 is 5.69 Å². The summed E-state index contributed by atoms with van der Waals surface area (Å²) in [7, 11) is 0. The number of benzene rings is 1. The van der Waals surface area contributed by atoms with Crippen LogP contribution in [0.15, 0.2) is 18.2 Å². The largest absolute Gasteiger partial charge is 0.394 e. The normalized spacial score (nSPS) is 21.0. The fraction of sp³-hybridized carbons (Fsp3) is 0.538. The van der Waals surface area contributed by atoms with Gasteiger partial charge in [0.15, 0.2) is 0 Å². The lowest BCUT2D eigenvalue weighted by atomic mass is 10.1. The molecular formula is C13H19NO. The Morgan fingerprint density at radius 2 is 2.20 bits per heavy atom. The molecule has 1 unspecified atom stereocenters. The number of nitrogens with zero attached hydrogens (tertiary/aromatic N) is 1. The maximum atomic E-state index is 9.32. The van der Waals surface area contributed by atoms with Crippen molar-refractivity contribution in [2.24, 2.45) is 0 Å². The van der Waals surface area contributed by atoms with Crippen molar-refractivity contribution in [1.82, 2.24) is 0 Å². The first-order valence-electron chi connectivity index (χ1n) is 5.67. The Labute approximate surface area is 91.5 Å². The molecule has 0 radical (unpaired) electrons. The molecule has 1 saturated heterocycles. The lowest BCUT2D eigenvalue weighted by Crippen LogP contribution is -2.32. The number of aliphatic hydroxyl groups excluding tert-OH is 1. The molecule has 1 atom stereocenters. The summed E-state index contributed by atoms with van der Waals surface area (Å²) in [6.07, 6.45) is 2.31. The molecule has 0 bridgehead atoms. The molecular weight excluding hydrogens is 186 g/mol. The van der Waals surface area contributed by atoms with Gasteiger partial charge < -0.3 is 10.0 Å². The molecule has 15 heavy (non-hydrogen) atoms. The Morgan fingerprint density at radius 1 is 1.40 bits per heavy atom. The zero-order valence-electron chi connectivity index (χ0n) is 9.53. The van der Waals surface area contributed by atoms with Gasteiger partial charge in [-0.2, -0.15) is 0 Å². The van der Waals surface area contributed by atoms with Gasteiger partial charge in [0.25, 0.3) is 0 Å². The van der Waals surface area contributed by atoms with Gasteiger partial charge in [0.2, 0.25) is 0 Å². The molecule has 1 aliphatic heterocycles. The molecule has 0 saturated carbocycles. The summed E-state index contributed by atoms with van der Waals surface area (Å²) < 4.78 is 0. The third kappa shape index (κ3) is 1.86. The summed E-state index contributed by atoms with van der Waals surface area (Å²) in [5, 5.41) is 9.32. The standard InChI is InChI=1S/C13H19NO/c1-10-5-3-7-13(11(10)2)14-8-4-6-12(14)9-15/h3,5,7,12,15H,4,6,8-9H2,1-2H3. The van der Waals surface area contributed by atoms with Crippen LogP contribution in [-0.2, 0) is 0 Å². The Bertz CT molecular complexity index is 348. The number of aliphatic hydroxyl groups is 1. The quantitative estimate of drug-likeness (QED) is 0.800. The highest BCUT2D eigenvalue weighted by atomic mass is 16.3. The second kappa shape index (κ2) is 4.23. The van der Waals surface area contributed by atoms with E-state index in [-0.39, 0.29) is 6.61 Å². The molecule has 1 aromatic carbocycles. The van der Waals surface area contributed by atoms with Crippen LogP contribution in [0.2, 0.25) is 0 Å². The van der Waals surface area contributed by atoms with Crippen LogP contribution in [-0.4, -0.2) is 24.3 Å². The Hall–Kier alpha value is -1.02. The minimum absolute atomic E-state index is 0.271. The van der Waals surface area contributed by atoms with Gasteiger partial charge in [-0.1, -0.05) is 12.1 Å². The summed E-state index contributed by atoms with van der Waals surface area (Å²) in [4.78, 5) is 2.35. The minimum atomic E-state index is 0.271. The third-order valence-corrected chi connectivity index (χ3v) is 3.47. The zero-order valence-corrected chi connectivity index (χ0v) is 9.53. The molecule has 82 valence electrons. The van der Waals surface area contributed by atoms with E-state index in [2.05, 4.69) is 36.9 Å². The van der Waals surface area contributed by atoms with Crippen molar-refractivity contribution in [1.29, 1.82) is 0 Å². The van der Waals surface area contributed by atoms with Crippen LogP contribution in [0.25, 0.3) is 0 Å². The van der Waals surface area contributed by atoms with E-state index in [1.54, 1.807) is 0 Å². The fourth-order valence-electron chi connectivity index (χ4n) is 2.39. The summed E-state index contributed by atoms with van der Waals surface area (Å²) in [5.74, 6) is 0. The van der Waals surface area contributed by atoms with Crippen LogP contribution in [0.1, 0.15) is 24.0 Å². The summed E-state index contributed by atoms with van der Waals surface area (Å²) in [6.45, 7) is 5.66. The lowest BCUT2D eigenvalue weighted by Gasteiger charge is -2.27. The van der Waals surface area contributed by atoms with Crippen LogP contribution < -0.4 is 4.90 Å². The molecule has 0 aliphatic carbocycles. The van der Waals surface area contributed by atoms with Crippen molar-refractivity contribution in [3.05, 3.63) is 29.3 Å². The van der Waals surface area contributed by atoms with Gasteiger partial charge in [-0.05, 0) is 43.9 Å². The highest BCUT2D eigenvalue weighted by Gasteiger charge is 2.24. The van der Waals surface area contributed by atoms with Crippen molar-refractivity contribution in [3.8, 4) is 0 Å². The van der Waals surface area contributed by atoms with Crippen LogP contribution >= 0.6 is 0 Å². The first-order valence-corrected chi connectivity index (χ1v) is 5.67. The molecule has 1 aromatic rings. The van der Waals surface area contributed by atoms with E-state index in [1.807, 2.05) is 0 Å². The van der Waals surface area contributed by atoms with E-state index in [0.717, 1.165) is 13.0 Å². The predicted octanol–water partition coefficient (Wildman–Crippen LogP) is 2.26. The molecule has 0 amide bonds. The van der Waals surface area contributed by atoms with E-state index < -0.39 is 0 Å². The Morgan fingerprint density at radius 3 is 2.93 bits per heavy atom. The number of anilines is 1. The Balaban J connectivity index is 2.32. The van der Waals surface area contributed by atoms with Gasteiger partial charge in [-0.15, -0.1) is 0 Å². The van der Waals surface area contributed by atoms with Gasteiger partial charge >= 0.3 is 0 Å². The second-order valence-electron chi connectivity index (χ2n) is 4.39. The highest BCUT2D eigenvalue weighted by molar-refractivity contribution is 5.57. The topological polar surface area (TPSA) is 23.5 Å². The molecule has 0 spiro atoms. The van der Waals surface area contributed by atoms with E-state index in [1.165, 1.54) is 23.2 Å². The smallest absolute Gasteiger partial charge is 0.0635 e. The van der Waals surface area contributed by atoms with E-state index in [9.17, 15) is 5.11 Å². The first kappa shape index (κ1) is 10.5. The minimum Gasteiger partial charge on any atom is -0.394 e. The van der Waals surface area contributed by atoms with Crippen molar-refractivity contribution in [2.75, 3.05) is 18.1 Å². The van der Waals surface area contributed by atoms with Gasteiger partial charge in [-0.25, -0.2) is 0 Å². The fourth-order valence-corrected chi connectivity index (χ4v) is 2.39. The van der Waals surface area contributed by atoms with Gasteiger partial charge in [0, 0.05) is 12.2 Å². The average Bonchev–Trinajstić information content (AvgIpc) is 2.70. The van der Waals surface area contributed by atoms with E-state index >= 15 is 0 Å². The number of hydrogen-bond donors (Lipinski definition) is 1. The molecule has 2 nitrogen and oxygen atoms in total. The summed E-state index contributed by atoms with van der Waals surface area (Å²) in [6, 6.07) is 6.73. The second-order valence-corrected chi connectivity index (χ2v) is 4.39. The number of aryl methyl sites for hydroxylation is 1. The van der Waals surface area contributed by atoms with E-state index in [4.69, 9.17) is 0 Å².